The number of fused-ring (bicyclic) bond motifs is 1. The lowest BCUT2D eigenvalue weighted by atomic mass is 10.2. The minimum absolute atomic E-state index is 0.357. The molecule has 0 unspecified atom stereocenters. The third-order valence-electron chi connectivity index (χ3n) is 4.45. The van der Waals surface area contributed by atoms with Crippen molar-refractivity contribution in [3.8, 4) is 0 Å². The molecule has 2 fully saturated rings. The van der Waals surface area contributed by atoms with Gasteiger partial charge >= 0.3 is 0 Å². The normalized spacial score (nSPS) is 20.1. The van der Waals surface area contributed by atoms with Gasteiger partial charge < -0.3 is 9.80 Å². The van der Waals surface area contributed by atoms with Crippen molar-refractivity contribution < 1.29 is 9.69 Å². The summed E-state index contributed by atoms with van der Waals surface area (Å²) in [5.41, 5.74) is 1.11. The minimum atomic E-state index is 0.357. The summed E-state index contributed by atoms with van der Waals surface area (Å²) in [5.74, 6) is 0.754. The number of para-hydroxylation sites is 1. The third kappa shape index (κ3) is 2.80. The van der Waals surface area contributed by atoms with Gasteiger partial charge in [-0.1, -0.05) is 12.1 Å². The van der Waals surface area contributed by atoms with Crippen LogP contribution in [-0.4, -0.2) is 42.0 Å². The Labute approximate surface area is 128 Å². The number of aromatic nitrogens is 1. The van der Waals surface area contributed by atoms with Crippen molar-refractivity contribution in [2.75, 3.05) is 26.2 Å². The fraction of sp³-hybridized carbons (Fsp3) is 0.500. The Bertz CT molecular complexity index is 623. The van der Waals surface area contributed by atoms with Crippen LogP contribution in [0.2, 0.25) is 0 Å². The molecule has 4 nitrogen and oxygen atoms in total. The van der Waals surface area contributed by atoms with Gasteiger partial charge in [-0.25, -0.2) is 4.98 Å². The van der Waals surface area contributed by atoms with E-state index in [-0.39, 0.29) is 0 Å². The molecule has 5 heteroatoms. The summed E-state index contributed by atoms with van der Waals surface area (Å²) in [6.07, 6.45) is 2.22. The molecule has 0 atom stereocenters. The molecule has 2 aliphatic rings. The van der Waals surface area contributed by atoms with Gasteiger partial charge in [0.15, 0.2) is 0 Å². The van der Waals surface area contributed by atoms with Crippen molar-refractivity contribution in [2.24, 2.45) is 5.92 Å². The van der Waals surface area contributed by atoms with E-state index in [4.69, 9.17) is 4.98 Å². The number of amides is 1. The van der Waals surface area contributed by atoms with Crippen LogP contribution in [0.15, 0.2) is 24.3 Å². The molecule has 1 saturated carbocycles. The Kier molecular flexibility index (Phi) is 3.39. The Hall–Kier alpha value is -1.46. The van der Waals surface area contributed by atoms with Gasteiger partial charge in [-0.2, -0.15) is 0 Å². The van der Waals surface area contributed by atoms with E-state index in [1.54, 1.807) is 16.2 Å². The number of nitrogens with zero attached hydrogens (tertiary/aromatic N) is 2. The topological polar surface area (TPSA) is 37.6 Å². The number of hydrogen-bond acceptors (Lipinski definition) is 3. The molecular weight excluding hydrogens is 282 g/mol. The summed E-state index contributed by atoms with van der Waals surface area (Å²) >= 11 is 1.80. The molecule has 1 N–H and O–H groups in total. The first kappa shape index (κ1) is 13.2. The standard InChI is InChI=1S/C16H19N3OS/c20-16(12-5-6-12)19-9-7-18(8-10-19)11-15-17-13-3-1-2-4-14(13)21-15/h1-4,12H,5-11H2/p+1. The highest BCUT2D eigenvalue weighted by atomic mass is 32.1. The summed E-state index contributed by atoms with van der Waals surface area (Å²) in [7, 11) is 0. The number of thiazole rings is 1. The molecule has 1 aromatic heterocycles. The van der Waals surface area contributed by atoms with Crippen LogP contribution in [-0.2, 0) is 11.3 Å². The highest BCUT2D eigenvalue weighted by Crippen LogP contribution is 2.30. The Morgan fingerprint density at radius 3 is 2.76 bits per heavy atom. The van der Waals surface area contributed by atoms with E-state index in [1.165, 1.54) is 9.71 Å². The Morgan fingerprint density at radius 1 is 1.29 bits per heavy atom. The molecular formula is C16H20N3OS+. The van der Waals surface area contributed by atoms with Crippen molar-refractivity contribution in [3.63, 3.8) is 0 Å². The van der Waals surface area contributed by atoms with Crippen LogP contribution in [0.5, 0.6) is 0 Å². The predicted molar refractivity (Wildman–Crippen MR) is 83.3 cm³/mol. The molecule has 1 aliphatic carbocycles. The third-order valence-corrected chi connectivity index (χ3v) is 5.48. The van der Waals surface area contributed by atoms with Crippen LogP contribution in [0.25, 0.3) is 10.2 Å². The van der Waals surface area contributed by atoms with Crippen molar-refractivity contribution in [2.45, 2.75) is 19.4 Å². The largest absolute Gasteiger partial charge is 0.331 e. The average Bonchev–Trinajstić information content (AvgIpc) is 3.27. The summed E-state index contributed by atoms with van der Waals surface area (Å²) in [6.45, 7) is 4.92. The lowest BCUT2D eigenvalue weighted by Gasteiger charge is -2.31. The molecule has 0 spiro atoms. The van der Waals surface area contributed by atoms with Gasteiger partial charge in [0, 0.05) is 5.92 Å². The van der Waals surface area contributed by atoms with E-state index in [0.717, 1.165) is 51.1 Å². The van der Waals surface area contributed by atoms with E-state index in [9.17, 15) is 4.79 Å². The Balaban J connectivity index is 1.36. The number of quaternary nitrogens is 1. The number of hydrogen-bond donors (Lipinski definition) is 1. The fourth-order valence-electron chi connectivity index (χ4n) is 3.02. The van der Waals surface area contributed by atoms with Gasteiger partial charge in [0.1, 0.15) is 11.6 Å². The number of piperazine rings is 1. The lowest BCUT2D eigenvalue weighted by molar-refractivity contribution is -0.917. The van der Waals surface area contributed by atoms with Crippen LogP contribution < -0.4 is 4.90 Å². The summed E-state index contributed by atoms with van der Waals surface area (Å²) in [6, 6.07) is 8.33. The summed E-state index contributed by atoms with van der Waals surface area (Å²) in [5, 5.41) is 1.22. The molecule has 2 aromatic rings. The maximum absolute atomic E-state index is 12.0. The van der Waals surface area contributed by atoms with E-state index in [1.807, 2.05) is 6.07 Å². The molecule has 1 aromatic carbocycles. The molecule has 1 saturated heterocycles. The molecule has 0 bridgehead atoms. The fourth-order valence-corrected chi connectivity index (χ4v) is 4.06. The van der Waals surface area contributed by atoms with Crippen molar-refractivity contribution in [3.05, 3.63) is 29.3 Å². The second kappa shape index (κ2) is 5.39. The maximum Gasteiger partial charge on any atom is 0.226 e. The van der Waals surface area contributed by atoms with Crippen LogP contribution in [0.1, 0.15) is 17.8 Å². The zero-order valence-electron chi connectivity index (χ0n) is 12.0. The van der Waals surface area contributed by atoms with Gasteiger partial charge in [-0.3, -0.25) is 4.79 Å². The molecule has 0 radical (unpaired) electrons. The number of carbonyl (C=O) groups is 1. The first-order chi connectivity index (χ1) is 10.3. The zero-order chi connectivity index (χ0) is 14.2. The first-order valence-corrected chi connectivity index (χ1v) is 8.58. The van der Waals surface area contributed by atoms with Gasteiger partial charge in [0.25, 0.3) is 0 Å². The number of nitrogens with one attached hydrogen (secondary N) is 1. The summed E-state index contributed by atoms with van der Waals surface area (Å²) < 4.78 is 1.27. The van der Waals surface area contributed by atoms with Gasteiger partial charge in [0.05, 0.1) is 36.4 Å². The highest BCUT2D eigenvalue weighted by Gasteiger charge is 2.35. The van der Waals surface area contributed by atoms with Crippen LogP contribution in [0.4, 0.5) is 0 Å². The van der Waals surface area contributed by atoms with Crippen molar-refractivity contribution in [1.29, 1.82) is 0 Å². The molecule has 2 heterocycles. The number of carbonyl (C=O) groups excluding carboxylic acids is 1. The summed E-state index contributed by atoms with van der Waals surface area (Å²) in [4.78, 5) is 20.4. The van der Waals surface area contributed by atoms with Gasteiger partial charge in [-0.15, -0.1) is 11.3 Å². The first-order valence-electron chi connectivity index (χ1n) is 7.76. The van der Waals surface area contributed by atoms with Gasteiger partial charge in [-0.05, 0) is 25.0 Å². The lowest BCUT2D eigenvalue weighted by Crippen LogP contribution is -3.13. The van der Waals surface area contributed by atoms with Crippen molar-refractivity contribution >= 4 is 27.5 Å². The second-order valence-electron chi connectivity index (χ2n) is 6.10. The van der Waals surface area contributed by atoms with Crippen molar-refractivity contribution in [1.82, 2.24) is 9.88 Å². The highest BCUT2D eigenvalue weighted by molar-refractivity contribution is 7.18. The SMILES string of the molecule is O=C(C1CC1)N1CC[NH+](Cc2nc3ccccc3s2)CC1. The second-order valence-corrected chi connectivity index (χ2v) is 7.22. The number of rotatable bonds is 3. The smallest absolute Gasteiger partial charge is 0.226 e. The van der Waals surface area contributed by atoms with Crippen LogP contribution in [0, 0.1) is 5.92 Å². The van der Waals surface area contributed by atoms with E-state index in [0.29, 0.717) is 11.8 Å². The van der Waals surface area contributed by atoms with Crippen LogP contribution >= 0.6 is 11.3 Å². The van der Waals surface area contributed by atoms with E-state index >= 15 is 0 Å². The molecule has 1 amide bonds. The van der Waals surface area contributed by atoms with E-state index < -0.39 is 0 Å². The minimum Gasteiger partial charge on any atom is -0.331 e. The van der Waals surface area contributed by atoms with E-state index in [2.05, 4.69) is 23.1 Å². The molecule has 21 heavy (non-hydrogen) atoms. The quantitative estimate of drug-likeness (QED) is 0.916. The average molecular weight is 302 g/mol. The zero-order valence-corrected chi connectivity index (χ0v) is 12.9. The Morgan fingerprint density at radius 2 is 2.05 bits per heavy atom. The predicted octanol–water partition coefficient (Wildman–Crippen LogP) is 0.933. The van der Waals surface area contributed by atoms with Crippen LogP contribution in [0.3, 0.4) is 0 Å². The molecule has 110 valence electrons. The molecule has 1 aliphatic heterocycles. The monoisotopic (exact) mass is 302 g/mol. The van der Waals surface area contributed by atoms with Gasteiger partial charge in [0.2, 0.25) is 5.91 Å². The number of benzene rings is 1. The molecule has 4 rings (SSSR count). The maximum atomic E-state index is 12.0.